The highest BCUT2D eigenvalue weighted by atomic mass is 35.5. The Bertz CT molecular complexity index is 1260. The van der Waals surface area contributed by atoms with Gasteiger partial charge in [-0.05, 0) is 54.5 Å². The van der Waals surface area contributed by atoms with Gasteiger partial charge in [-0.2, -0.15) is 0 Å². The van der Waals surface area contributed by atoms with Crippen molar-refractivity contribution in [3.8, 4) is 5.69 Å². The lowest BCUT2D eigenvalue weighted by molar-refractivity contribution is -0.136. The number of halogens is 2. The van der Waals surface area contributed by atoms with Crippen molar-refractivity contribution in [3.05, 3.63) is 69.5 Å². The van der Waals surface area contributed by atoms with Crippen LogP contribution in [0.5, 0.6) is 0 Å². The SMILES string of the molecule is CCC(c1nc2ccccc2c(=O)n1-c1ccc(F)c(Cl)c1)N(CCC(C)C)C(=O)CC(C)(C)C. The van der Waals surface area contributed by atoms with E-state index in [0.29, 0.717) is 47.7 Å². The maximum Gasteiger partial charge on any atom is 0.266 e. The van der Waals surface area contributed by atoms with Gasteiger partial charge in [0.15, 0.2) is 0 Å². The minimum atomic E-state index is -0.565. The Morgan fingerprint density at radius 1 is 1.17 bits per heavy atom. The standard InChI is InChI=1S/C28H35ClFN3O2/c1-7-24(32(15-14-18(2)3)25(34)17-28(4,5)6)26-31-23-11-9-8-10-20(23)27(35)33(26)19-12-13-22(30)21(29)16-19/h8-13,16,18,24H,7,14-15,17H2,1-6H3. The van der Waals surface area contributed by atoms with Gasteiger partial charge in [-0.15, -0.1) is 0 Å². The first-order valence-electron chi connectivity index (χ1n) is 12.2. The van der Waals surface area contributed by atoms with E-state index in [-0.39, 0.29) is 21.9 Å². The van der Waals surface area contributed by atoms with Crippen molar-refractivity contribution in [1.29, 1.82) is 0 Å². The lowest BCUT2D eigenvalue weighted by atomic mass is 9.91. The van der Waals surface area contributed by atoms with E-state index in [4.69, 9.17) is 16.6 Å². The fraction of sp³-hybridized carbons (Fsp3) is 0.464. The van der Waals surface area contributed by atoms with Crippen LogP contribution in [0.15, 0.2) is 47.3 Å². The molecule has 0 saturated heterocycles. The monoisotopic (exact) mass is 499 g/mol. The van der Waals surface area contributed by atoms with Gasteiger partial charge in [0.05, 0.1) is 27.7 Å². The van der Waals surface area contributed by atoms with Crippen molar-refractivity contribution in [2.45, 2.75) is 66.8 Å². The first kappa shape index (κ1) is 26.9. The van der Waals surface area contributed by atoms with E-state index in [0.717, 1.165) is 6.42 Å². The van der Waals surface area contributed by atoms with Crippen LogP contribution in [-0.4, -0.2) is 26.9 Å². The number of rotatable bonds is 8. The smallest absolute Gasteiger partial charge is 0.266 e. The summed E-state index contributed by atoms with van der Waals surface area (Å²) in [5, 5.41) is 0.364. The van der Waals surface area contributed by atoms with Crippen LogP contribution >= 0.6 is 11.6 Å². The molecule has 0 aliphatic rings. The molecule has 0 fully saturated rings. The molecule has 0 N–H and O–H groups in total. The number of nitrogens with zero attached hydrogens (tertiary/aromatic N) is 3. The maximum absolute atomic E-state index is 14.0. The van der Waals surface area contributed by atoms with Crippen LogP contribution in [0.3, 0.4) is 0 Å². The van der Waals surface area contributed by atoms with Crippen molar-refractivity contribution >= 4 is 28.4 Å². The number of para-hydroxylation sites is 1. The van der Waals surface area contributed by atoms with Gasteiger partial charge < -0.3 is 4.90 Å². The van der Waals surface area contributed by atoms with Gasteiger partial charge in [0.1, 0.15) is 11.6 Å². The molecule has 2 aromatic carbocycles. The molecule has 1 heterocycles. The van der Waals surface area contributed by atoms with Crippen LogP contribution in [0.2, 0.25) is 5.02 Å². The molecule has 0 saturated carbocycles. The molecule has 0 aliphatic heterocycles. The largest absolute Gasteiger partial charge is 0.332 e. The van der Waals surface area contributed by atoms with E-state index in [2.05, 4.69) is 13.8 Å². The van der Waals surface area contributed by atoms with Gasteiger partial charge >= 0.3 is 0 Å². The summed E-state index contributed by atoms with van der Waals surface area (Å²) in [6.07, 6.45) is 1.77. The number of fused-ring (bicyclic) bond motifs is 1. The average Bonchev–Trinajstić information content (AvgIpc) is 2.77. The summed E-state index contributed by atoms with van der Waals surface area (Å²) in [6, 6.07) is 10.9. The number of hydrogen-bond acceptors (Lipinski definition) is 3. The van der Waals surface area contributed by atoms with Crippen LogP contribution in [0, 0.1) is 17.2 Å². The highest BCUT2D eigenvalue weighted by Crippen LogP contribution is 2.30. The molecule has 3 aromatic rings. The van der Waals surface area contributed by atoms with E-state index < -0.39 is 11.9 Å². The molecule has 1 amide bonds. The van der Waals surface area contributed by atoms with Gasteiger partial charge in [0, 0.05) is 13.0 Å². The predicted octanol–water partition coefficient (Wildman–Crippen LogP) is 6.94. The third-order valence-corrected chi connectivity index (χ3v) is 6.26. The van der Waals surface area contributed by atoms with Gasteiger partial charge in [-0.3, -0.25) is 14.2 Å². The summed E-state index contributed by atoms with van der Waals surface area (Å²) in [5.41, 5.74) is 0.508. The first-order chi connectivity index (χ1) is 16.4. The molecule has 188 valence electrons. The van der Waals surface area contributed by atoms with E-state index in [1.807, 2.05) is 38.7 Å². The molecule has 0 radical (unpaired) electrons. The third-order valence-electron chi connectivity index (χ3n) is 5.97. The zero-order chi connectivity index (χ0) is 25.9. The number of carbonyl (C=O) groups is 1. The lowest BCUT2D eigenvalue weighted by Crippen LogP contribution is -2.40. The lowest BCUT2D eigenvalue weighted by Gasteiger charge is -2.34. The van der Waals surface area contributed by atoms with Gasteiger partial charge in [-0.1, -0.05) is 65.3 Å². The van der Waals surface area contributed by atoms with Gasteiger partial charge in [0.2, 0.25) is 5.91 Å². The molecule has 0 aliphatic carbocycles. The minimum absolute atomic E-state index is 0.0242. The molecular weight excluding hydrogens is 465 g/mol. The van der Waals surface area contributed by atoms with Crippen LogP contribution in [0.1, 0.15) is 72.7 Å². The average molecular weight is 500 g/mol. The zero-order valence-electron chi connectivity index (χ0n) is 21.4. The molecule has 5 nitrogen and oxygen atoms in total. The summed E-state index contributed by atoms with van der Waals surface area (Å²) < 4.78 is 15.5. The first-order valence-corrected chi connectivity index (χ1v) is 12.6. The maximum atomic E-state index is 14.0. The predicted molar refractivity (Wildman–Crippen MR) is 141 cm³/mol. The molecule has 0 spiro atoms. The second-order valence-corrected chi connectivity index (χ2v) is 11.1. The Hall–Kier alpha value is -2.73. The summed E-state index contributed by atoms with van der Waals surface area (Å²) >= 11 is 6.09. The topological polar surface area (TPSA) is 55.2 Å². The Kier molecular flexibility index (Phi) is 8.37. The second kappa shape index (κ2) is 10.9. The number of hydrogen-bond donors (Lipinski definition) is 0. The highest BCUT2D eigenvalue weighted by Gasteiger charge is 2.31. The fourth-order valence-corrected chi connectivity index (χ4v) is 4.37. The number of benzene rings is 2. The molecule has 1 atom stereocenters. The second-order valence-electron chi connectivity index (χ2n) is 10.7. The van der Waals surface area contributed by atoms with E-state index in [9.17, 15) is 14.0 Å². The highest BCUT2D eigenvalue weighted by molar-refractivity contribution is 6.30. The quantitative estimate of drug-likeness (QED) is 0.337. The molecule has 7 heteroatoms. The van der Waals surface area contributed by atoms with E-state index in [1.165, 1.54) is 22.8 Å². The van der Waals surface area contributed by atoms with Crippen LogP contribution in [0.4, 0.5) is 4.39 Å². The summed E-state index contributed by atoms with van der Waals surface area (Å²) in [4.78, 5) is 34.1. The molecule has 3 rings (SSSR count). The number of carbonyl (C=O) groups excluding carboxylic acids is 1. The summed E-state index contributed by atoms with van der Waals surface area (Å²) in [6.45, 7) is 12.9. The Morgan fingerprint density at radius 3 is 2.46 bits per heavy atom. The zero-order valence-corrected chi connectivity index (χ0v) is 22.2. The van der Waals surface area contributed by atoms with Crippen LogP contribution < -0.4 is 5.56 Å². The normalized spacial score (nSPS) is 12.8. The Morgan fingerprint density at radius 2 is 1.86 bits per heavy atom. The molecule has 0 bridgehead atoms. The van der Waals surface area contributed by atoms with Gasteiger partial charge in [-0.25, -0.2) is 9.37 Å². The molecule has 35 heavy (non-hydrogen) atoms. The van der Waals surface area contributed by atoms with Crippen molar-refractivity contribution in [2.24, 2.45) is 11.3 Å². The van der Waals surface area contributed by atoms with Crippen molar-refractivity contribution in [2.75, 3.05) is 6.54 Å². The van der Waals surface area contributed by atoms with Gasteiger partial charge in [0.25, 0.3) is 5.56 Å². The summed E-state index contributed by atoms with van der Waals surface area (Å²) in [7, 11) is 0. The Labute approximate surface area is 211 Å². The van der Waals surface area contributed by atoms with Crippen LogP contribution in [-0.2, 0) is 4.79 Å². The number of amides is 1. The summed E-state index contributed by atoms with van der Waals surface area (Å²) in [5.74, 6) is 0.311. The van der Waals surface area contributed by atoms with E-state index in [1.54, 1.807) is 18.2 Å². The Balaban J connectivity index is 2.27. The minimum Gasteiger partial charge on any atom is -0.332 e. The van der Waals surface area contributed by atoms with Crippen molar-refractivity contribution in [3.63, 3.8) is 0 Å². The molecule has 1 unspecified atom stereocenters. The van der Waals surface area contributed by atoms with Crippen LogP contribution in [0.25, 0.3) is 16.6 Å². The number of aromatic nitrogens is 2. The third kappa shape index (κ3) is 6.29. The van der Waals surface area contributed by atoms with Crippen molar-refractivity contribution in [1.82, 2.24) is 14.5 Å². The fourth-order valence-electron chi connectivity index (χ4n) is 4.20. The van der Waals surface area contributed by atoms with Crippen molar-refractivity contribution < 1.29 is 9.18 Å². The van der Waals surface area contributed by atoms with E-state index >= 15 is 0 Å². The molecular formula is C28H35ClFN3O2. The molecule has 1 aromatic heterocycles.